The zero-order valence-corrected chi connectivity index (χ0v) is 30.9. The highest BCUT2D eigenvalue weighted by molar-refractivity contribution is 6.16. The van der Waals surface area contributed by atoms with Crippen molar-refractivity contribution in [2.45, 2.75) is 61.3 Å². The Labute approximate surface area is 302 Å². The van der Waals surface area contributed by atoms with Crippen LogP contribution in [0.5, 0.6) is 0 Å². The minimum absolute atomic E-state index is 1.03. The van der Waals surface area contributed by atoms with E-state index in [2.05, 4.69) is 186 Å². The Balaban J connectivity index is 1.47. The molecule has 0 aliphatic heterocycles. The van der Waals surface area contributed by atoms with Crippen LogP contribution in [0.15, 0.2) is 115 Å². The molecule has 0 fully saturated rings. The number of fused-ring (bicyclic) bond motifs is 5. The predicted octanol–water partition coefficient (Wildman–Crippen LogP) is 12.4. The molecular weight excluding hydrogens is 617 g/mol. The minimum Gasteiger partial charge on any atom is -0.310 e. The van der Waals surface area contributed by atoms with Crippen LogP contribution in [0.25, 0.3) is 33.7 Å². The van der Waals surface area contributed by atoms with Gasteiger partial charge >= 0.3 is 0 Å². The fourth-order valence-electron chi connectivity index (χ4n) is 7.66. The van der Waals surface area contributed by atoms with E-state index < -0.39 is 0 Å². The molecule has 0 N–H and O–H groups in total. The molecule has 8 rings (SSSR count). The molecule has 7 aromatic carbocycles. The van der Waals surface area contributed by atoms with Crippen LogP contribution < -0.4 is 20.2 Å². The van der Waals surface area contributed by atoms with Gasteiger partial charge in [0, 0.05) is 33.4 Å². The monoisotopic (exact) mass is 662 g/mol. The number of hydrogen-bond acceptors (Lipinski definition) is 2. The maximum Gasteiger partial charge on any atom is 0.0546 e. The Kier molecular flexibility index (Phi) is 8.27. The van der Waals surface area contributed by atoms with Gasteiger partial charge in [0.15, 0.2) is 0 Å². The quantitative estimate of drug-likeness (QED) is 0.164. The van der Waals surface area contributed by atoms with Crippen LogP contribution in [-0.4, -0.2) is 0 Å². The van der Waals surface area contributed by atoms with E-state index in [0.717, 1.165) is 18.5 Å². The standard InChI is InChI=1S/C49H46N2/c1-31-16-21-38(22-17-31)50(39-23-18-32(2)35(5)26-39)48-29-46-43-13-9-11-15-45(43)49(30-47(46)42-12-8-10-14-44(42)48)51(40-24-19-33(3)36(6)27-40)41-25-20-34(4)37(7)28-41/h8,10,12-30H,9,11H2,1-7H3. The molecule has 0 aromatic heterocycles. The van der Waals surface area contributed by atoms with E-state index in [-0.39, 0.29) is 0 Å². The summed E-state index contributed by atoms with van der Waals surface area (Å²) in [6.07, 6.45) is 7.00. The third-order valence-corrected chi connectivity index (χ3v) is 11.1. The topological polar surface area (TPSA) is 6.48 Å². The van der Waals surface area contributed by atoms with Crippen molar-refractivity contribution in [2.75, 3.05) is 9.80 Å². The molecule has 0 atom stereocenters. The van der Waals surface area contributed by atoms with Crippen molar-refractivity contribution in [1.82, 2.24) is 0 Å². The molecule has 0 spiro atoms. The van der Waals surface area contributed by atoms with Crippen molar-refractivity contribution in [1.29, 1.82) is 0 Å². The molecule has 0 saturated carbocycles. The first kappa shape index (κ1) is 32.6. The molecule has 0 heterocycles. The number of nitrogens with zero attached hydrogens (tertiary/aromatic N) is 2. The van der Waals surface area contributed by atoms with E-state index in [1.165, 1.54) is 99.4 Å². The molecular formula is C49H46N2. The number of benzene rings is 7. The summed E-state index contributed by atoms with van der Waals surface area (Å²) in [4.78, 5) is 4.94. The average molecular weight is 663 g/mol. The second-order valence-corrected chi connectivity index (χ2v) is 14.6. The number of hydrogen-bond donors (Lipinski definition) is 0. The van der Waals surface area contributed by atoms with Gasteiger partial charge in [-0.3, -0.25) is 0 Å². The molecule has 252 valence electrons. The van der Waals surface area contributed by atoms with Crippen LogP contribution in [0.3, 0.4) is 0 Å². The first-order valence-electron chi connectivity index (χ1n) is 18.3. The molecule has 0 bridgehead atoms. The van der Waals surface area contributed by atoms with Crippen molar-refractivity contribution in [3.8, 4) is 0 Å². The summed E-state index contributed by atoms with van der Waals surface area (Å²) < 4.78 is 0. The van der Waals surface area contributed by atoms with Gasteiger partial charge in [0.05, 0.1) is 11.4 Å². The summed E-state index contributed by atoms with van der Waals surface area (Å²) in [6.45, 7) is 15.4. The number of rotatable bonds is 6. The molecule has 2 heteroatoms. The van der Waals surface area contributed by atoms with Gasteiger partial charge in [-0.15, -0.1) is 0 Å². The van der Waals surface area contributed by atoms with Gasteiger partial charge < -0.3 is 9.80 Å². The molecule has 51 heavy (non-hydrogen) atoms. The lowest BCUT2D eigenvalue weighted by Gasteiger charge is -2.30. The smallest absolute Gasteiger partial charge is 0.0546 e. The number of anilines is 6. The highest BCUT2D eigenvalue weighted by atomic mass is 15.2. The molecule has 0 radical (unpaired) electrons. The third kappa shape index (κ3) is 5.79. The highest BCUT2D eigenvalue weighted by Crippen LogP contribution is 2.43. The molecule has 1 aliphatic carbocycles. The van der Waals surface area contributed by atoms with Crippen LogP contribution in [0.1, 0.15) is 51.8 Å². The molecule has 0 unspecified atom stereocenters. The lowest BCUT2D eigenvalue weighted by atomic mass is 9.93. The Morgan fingerprint density at radius 3 is 1.33 bits per heavy atom. The van der Waals surface area contributed by atoms with Gasteiger partial charge in [0.2, 0.25) is 0 Å². The minimum atomic E-state index is 1.03. The van der Waals surface area contributed by atoms with E-state index >= 15 is 0 Å². The Bertz CT molecular complexity index is 2560. The lowest BCUT2D eigenvalue weighted by molar-refractivity contribution is 1.11. The first-order chi connectivity index (χ1) is 24.7. The predicted molar refractivity (Wildman–Crippen MR) is 221 cm³/mol. The summed E-state index contributed by atoms with van der Waals surface area (Å²) in [6, 6.07) is 43.5. The van der Waals surface area contributed by atoms with Crippen molar-refractivity contribution in [3.05, 3.63) is 165 Å². The van der Waals surface area contributed by atoms with Gasteiger partial charge in [0.1, 0.15) is 0 Å². The second-order valence-electron chi connectivity index (χ2n) is 14.6. The summed E-state index contributed by atoms with van der Waals surface area (Å²) in [5, 5.41) is 7.69. The maximum atomic E-state index is 2.49. The Hall–Kier alpha value is -5.60. The normalized spacial score (nSPS) is 12.4. The maximum absolute atomic E-state index is 2.49. The summed E-state index contributed by atoms with van der Waals surface area (Å²) >= 11 is 0. The van der Waals surface area contributed by atoms with Gasteiger partial charge in [-0.25, -0.2) is 0 Å². The van der Waals surface area contributed by atoms with Crippen LogP contribution in [-0.2, 0) is 0 Å². The molecule has 0 amide bonds. The van der Waals surface area contributed by atoms with Crippen molar-refractivity contribution in [2.24, 2.45) is 0 Å². The van der Waals surface area contributed by atoms with E-state index in [0.29, 0.717) is 0 Å². The average Bonchev–Trinajstić information content (AvgIpc) is 3.14. The molecule has 1 aliphatic rings. The molecule has 7 aromatic rings. The van der Waals surface area contributed by atoms with E-state index in [1.54, 1.807) is 0 Å². The van der Waals surface area contributed by atoms with E-state index in [1.807, 2.05) is 0 Å². The molecule has 2 nitrogen and oxygen atoms in total. The van der Waals surface area contributed by atoms with Crippen LogP contribution >= 0.6 is 0 Å². The number of aryl methyl sites for hydroxylation is 7. The van der Waals surface area contributed by atoms with E-state index in [4.69, 9.17) is 0 Å². The third-order valence-electron chi connectivity index (χ3n) is 11.1. The fourth-order valence-corrected chi connectivity index (χ4v) is 7.66. The zero-order valence-electron chi connectivity index (χ0n) is 30.9. The summed E-state index contributed by atoms with van der Waals surface area (Å²) in [7, 11) is 0. The van der Waals surface area contributed by atoms with Gasteiger partial charge in [-0.05, 0) is 177 Å². The summed E-state index contributed by atoms with van der Waals surface area (Å²) in [5.74, 6) is 0. The largest absolute Gasteiger partial charge is 0.310 e. The fraction of sp³-hybridized carbons (Fsp3) is 0.184. The van der Waals surface area contributed by atoms with Gasteiger partial charge in [0.25, 0.3) is 0 Å². The van der Waals surface area contributed by atoms with E-state index in [9.17, 15) is 0 Å². The summed E-state index contributed by atoms with van der Waals surface area (Å²) in [5.41, 5.74) is 16.2. The van der Waals surface area contributed by atoms with Gasteiger partial charge in [-0.2, -0.15) is 0 Å². The molecule has 0 saturated heterocycles. The van der Waals surface area contributed by atoms with Gasteiger partial charge in [-0.1, -0.05) is 72.3 Å². The lowest BCUT2D eigenvalue weighted by Crippen LogP contribution is -2.33. The Morgan fingerprint density at radius 1 is 0.353 bits per heavy atom. The zero-order chi connectivity index (χ0) is 35.4. The highest BCUT2D eigenvalue weighted by Gasteiger charge is 2.22. The van der Waals surface area contributed by atoms with Crippen molar-refractivity contribution in [3.63, 3.8) is 0 Å². The van der Waals surface area contributed by atoms with Crippen LogP contribution in [0, 0.1) is 48.5 Å². The first-order valence-corrected chi connectivity index (χ1v) is 18.3. The SMILES string of the molecule is Cc1ccc(N(c2ccc(C)c(C)c2)c2cc3c4c(c(N(c5ccc(C)c(C)c5)c5ccc(C)c(C)c5)cc3c3ccccc23)=CCCC=4)cc1. The van der Waals surface area contributed by atoms with Crippen molar-refractivity contribution < 1.29 is 0 Å². The van der Waals surface area contributed by atoms with Crippen LogP contribution in [0.2, 0.25) is 0 Å². The van der Waals surface area contributed by atoms with Crippen molar-refractivity contribution >= 4 is 67.8 Å². The van der Waals surface area contributed by atoms with Crippen LogP contribution in [0.4, 0.5) is 34.1 Å². The second kappa shape index (κ2) is 12.9. The Morgan fingerprint density at radius 2 is 0.804 bits per heavy atom.